The van der Waals surface area contributed by atoms with Crippen LogP contribution in [0.2, 0.25) is 0 Å². The molecule has 0 aromatic heterocycles. The molecular weight excluding hydrogens is 214 g/mol. The van der Waals surface area contributed by atoms with Crippen LogP contribution in [0.25, 0.3) is 0 Å². The van der Waals surface area contributed by atoms with Crippen molar-refractivity contribution in [3.8, 4) is 0 Å². The molecule has 98 valence electrons. The lowest BCUT2D eigenvalue weighted by Gasteiger charge is -2.23. The van der Waals surface area contributed by atoms with Gasteiger partial charge in [0, 0.05) is 25.7 Å². The van der Waals surface area contributed by atoms with Crippen molar-refractivity contribution in [1.29, 1.82) is 0 Å². The number of nitrogens with two attached hydrogens (primary N) is 1. The zero-order valence-electron chi connectivity index (χ0n) is 10.7. The minimum atomic E-state index is 0.117. The highest BCUT2D eigenvalue weighted by Gasteiger charge is 2.25. The van der Waals surface area contributed by atoms with E-state index in [4.69, 9.17) is 5.73 Å². The number of likely N-dealkylation sites (tertiary alicyclic amines) is 1. The number of hydrogen-bond acceptors (Lipinski definition) is 2. The molecular formula is C13H25N3O. The van der Waals surface area contributed by atoms with E-state index in [0.29, 0.717) is 12.0 Å². The SMILES string of the molecule is NC1CCCC1CNC(=O)N1CCCCCC1. The van der Waals surface area contributed by atoms with Gasteiger partial charge in [-0.2, -0.15) is 0 Å². The molecule has 0 radical (unpaired) electrons. The Kier molecular flexibility index (Phi) is 4.66. The van der Waals surface area contributed by atoms with Crippen LogP contribution in [0.4, 0.5) is 4.79 Å². The van der Waals surface area contributed by atoms with Gasteiger partial charge < -0.3 is 16.0 Å². The summed E-state index contributed by atoms with van der Waals surface area (Å²) in [6, 6.07) is 0.408. The number of carbonyl (C=O) groups is 1. The lowest BCUT2D eigenvalue weighted by atomic mass is 10.1. The summed E-state index contributed by atoms with van der Waals surface area (Å²) in [5.41, 5.74) is 6.00. The molecule has 2 atom stereocenters. The number of amides is 2. The molecule has 1 aliphatic carbocycles. The topological polar surface area (TPSA) is 58.4 Å². The molecule has 0 aromatic rings. The van der Waals surface area contributed by atoms with Crippen molar-refractivity contribution in [3.05, 3.63) is 0 Å². The van der Waals surface area contributed by atoms with Gasteiger partial charge in [-0.1, -0.05) is 19.3 Å². The summed E-state index contributed by atoms with van der Waals surface area (Å²) in [7, 11) is 0. The number of urea groups is 1. The quantitative estimate of drug-likeness (QED) is 0.770. The highest BCUT2D eigenvalue weighted by Crippen LogP contribution is 2.23. The predicted octanol–water partition coefficient (Wildman–Crippen LogP) is 1.70. The van der Waals surface area contributed by atoms with Gasteiger partial charge in [0.1, 0.15) is 0 Å². The Morgan fingerprint density at radius 2 is 1.82 bits per heavy atom. The Morgan fingerprint density at radius 1 is 1.12 bits per heavy atom. The molecule has 1 saturated heterocycles. The third-order valence-corrected chi connectivity index (χ3v) is 4.13. The first-order valence-electron chi connectivity index (χ1n) is 7.06. The minimum absolute atomic E-state index is 0.117. The van der Waals surface area contributed by atoms with Gasteiger partial charge in [0.15, 0.2) is 0 Å². The Balaban J connectivity index is 1.72. The first kappa shape index (κ1) is 12.7. The van der Waals surface area contributed by atoms with Crippen molar-refractivity contribution < 1.29 is 4.79 Å². The number of carbonyl (C=O) groups excluding carboxylic acids is 1. The van der Waals surface area contributed by atoms with Crippen LogP contribution in [0, 0.1) is 5.92 Å². The number of hydrogen-bond donors (Lipinski definition) is 2. The van der Waals surface area contributed by atoms with Crippen LogP contribution in [0.1, 0.15) is 44.9 Å². The van der Waals surface area contributed by atoms with Gasteiger partial charge in [0.2, 0.25) is 0 Å². The van der Waals surface area contributed by atoms with Crippen LogP contribution in [-0.2, 0) is 0 Å². The predicted molar refractivity (Wildman–Crippen MR) is 68.8 cm³/mol. The summed E-state index contributed by atoms with van der Waals surface area (Å²) in [6.07, 6.45) is 8.32. The largest absolute Gasteiger partial charge is 0.338 e. The molecule has 3 N–H and O–H groups in total. The zero-order chi connectivity index (χ0) is 12.1. The summed E-state index contributed by atoms with van der Waals surface area (Å²) in [5.74, 6) is 0.492. The van der Waals surface area contributed by atoms with E-state index in [2.05, 4.69) is 5.32 Å². The molecule has 2 rings (SSSR count). The maximum atomic E-state index is 12.0. The average molecular weight is 239 g/mol. The van der Waals surface area contributed by atoms with E-state index < -0.39 is 0 Å². The first-order chi connectivity index (χ1) is 8.27. The van der Waals surface area contributed by atoms with Crippen LogP contribution in [-0.4, -0.2) is 36.6 Å². The standard InChI is InChI=1S/C13H25N3O/c14-12-7-5-6-11(12)10-15-13(17)16-8-3-1-2-4-9-16/h11-12H,1-10,14H2,(H,15,17). The van der Waals surface area contributed by atoms with Crippen LogP contribution in [0.5, 0.6) is 0 Å². The van der Waals surface area contributed by atoms with E-state index in [-0.39, 0.29) is 6.03 Å². The smallest absolute Gasteiger partial charge is 0.317 e. The van der Waals surface area contributed by atoms with Crippen molar-refractivity contribution in [1.82, 2.24) is 10.2 Å². The van der Waals surface area contributed by atoms with Crippen LogP contribution in [0.3, 0.4) is 0 Å². The minimum Gasteiger partial charge on any atom is -0.338 e. The molecule has 0 spiro atoms. The zero-order valence-corrected chi connectivity index (χ0v) is 10.7. The molecule has 4 heteroatoms. The van der Waals surface area contributed by atoms with Gasteiger partial charge in [-0.3, -0.25) is 0 Å². The summed E-state index contributed by atoms with van der Waals surface area (Å²) in [6.45, 7) is 2.60. The van der Waals surface area contributed by atoms with Crippen molar-refractivity contribution in [2.45, 2.75) is 51.0 Å². The molecule has 2 fully saturated rings. The van der Waals surface area contributed by atoms with E-state index in [1.165, 1.54) is 25.7 Å². The Labute approximate surface area is 104 Å². The number of rotatable bonds is 2. The second kappa shape index (κ2) is 6.24. The maximum absolute atomic E-state index is 12.0. The summed E-state index contributed by atoms with van der Waals surface area (Å²) >= 11 is 0. The highest BCUT2D eigenvalue weighted by atomic mass is 16.2. The number of nitrogens with zero attached hydrogens (tertiary/aromatic N) is 1. The normalized spacial score (nSPS) is 30.1. The van der Waals surface area contributed by atoms with Crippen LogP contribution in [0.15, 0.2) is 0 Å². The van der Waals surface area contributed by atoms with Gasteiger partial charge in [0.25, 0.3) is 0 Å². The molecule has 4 nitrogen and oxygen atoms in total. The monoisotopic (exact) mass is 239 g/mol. The molecule has 1 heterocycles. The van der Waals surface area contributed by atoms with E-state index in [1.54, 1.807) is 0 Å². The fourth-order valence-electron chi connectivity index (χ4n) is 2.92. The Bertz CT molecular complexity index is 249. The van der Waals surface area contributed by atoms with Crippen molar-refractivity contribution in [2.75, 3.05) is 19.6 Å². The number of nitrogens with one attached hydrogen (secondary N) is 1. The second-order valence-corrected chi connectivity index (χ2v) is 5.44. The van der Waals surface area contributed by atoms with Crippen LogP contribution < -0.4 is 11.1 Å². The fourth-order valence-corrected chi connectivity index (χ4v) is 2.92. The third-order valence-electron chi connectivity index (χ3n) is 4.13. The van der Waals surface area contributed by atoms with E-state index in [9.17, 15) is 4.79 Å². The fraction of sp³-hybridized carbons (Fsp3) is 0.923. The summed E-state index contributed by atoms with van der Waals surface area (Å²) < 4.78 is 0. The van der Waals surface area contributed by atoms with E-state index >= 15 is 0 Å². The third kappa shape index (κ3) is 3.60. The van der Waals surface area contributed by atoms with Crippen LogP contribution >= 0.6 is 0 Å². The van der Waals surface area contributed by atoms with Gasteiger partial charge in [0.05, 0.1) is 0 Å². The van der Waals surface area contributed by atoms with E-state index in [1.807, 2.05) is 4.90 Å². The molecule has 2 aliphatic rings. The van der Waals surface area contributed by atoms with Gasteiger partial charge >= 0.3 is 6.03 Å². The molecule has 2 amide bonds. The lowest BCUT2D eigenvalue weighted by molar-refractivity contribution is 0.197. The van der Waals surface area contributed by atoms with Gasteiger partial charge in [-0.05, 0) is 31.6 Å². The Morgan fingerprint density at radius 3 is 2.41 bits per heavy atom. The van der Waals surface area contributed by atoms with Crippen molar-refractivity contribution in [3.63, 3.8) is 0 Å². The highest BCUT2D eigenvalue weighted by molar-refractivity contribution is 5.74. The molecule has 1 aliphatic heterocycles. The Hall–Kier alpha value is -0.770. The maximum Gasteiger partial charge on any atom is 0.317 e. The first-order valence-corrected chi connectivity index (χ1v) is 7.06. The van der Waals surface area contributed by atoms with E-state index in [0.717, 1.165) is 38.9 Å². The van der Waals surface area contributed by atoms with Gasteiger partial charge in [-0.25, -0.2) is 4.79 Å². The lowest BCUT2D eigenvalue weighted by Crippen LogP contribution is -2.44. The van der Waals surface area contributed by atoms with Crippen molar-refractivity contribution >= 4 is 6.03 Å². The molecule has 17 heavy (non-hydrogen) atoms. The summed E-state index contributed by atoms with van der Waals surface area (Å²) in [5, 5.41) is 3.06. The van der Waals surface area contributed by atoms with Crippen molar-refractivity contribution in [2.24, 2.45) is 11.7 Å². The average Bonchev–Trinajstić information content (AvgIpc) is 2.58. The molecule has 1 saturated carbocycles. The molecule has 2 unspecified atom stereocenters. The molecule has 0 bridgehead atoms. The molecule has 0 aromatic carbocycles. The second-order valence-electron chi connectivity index (χ2n) is 5.44. The summed E-state index contributed by atoms with van der Waals surface area (Å²) in [4.78, 5) is 14.0. The van der Waals surface area contributed by atoms with Gasteiger partial charge in [-0.15, -0.1) is 0 Å².